The quantitative estimate of drug-likeness (QED) is 0.874. The molecule has 1 fully saturated rings. The van der Waals surface area contributed by atoms with E-state index in [0.717, 1.165) is 17.1 Å². The van der Waals surface area contributed by atoms with Gasteiger partial charge in [-0.2, -0.15) is 4.37 Å². The number of benzene rings is 1. The average molecular weight is 291 g/mol. The molecule has 1 saturated heterocycles. The van der Waals surface area contributed by atoms with Gasteiger partial charge in [-0.15, -0.1) is 0 Å². The largest absolute Gasteiger partial charge is 0.465 e. The van der Waals surface area contributed by atoms with E-state index in [-0.39, 0.29) is 13.2 Å². The minimum absolute atomic E-state index is 0.162. The summed E-state index contributed by atoms with van der Waals surface area (Å²) in [5.41, 5.74) is 0.810. The topological polar surface area (TPSA) is 68.7 Å². The van der Waals surface area contributed by atoms with Crippen molar-refractivity contribution in [1.82, 2.24) is 4.37 Å². The van der Waals surface area contributed by atoms with E-state index in [4.69, 9.17) is 9.47 Å². The van der Waals surface area contributed by atoms with Gasteiger partial charge in [0.2, 0.25) is 0 Å². The molecule has 0 aliphatic carbocycles. The van der Waals surface area contributed by atoms with Crippen LogP contribution in [0.15, 0.2) is 30.3 Å². The van der Waals surface area contributed by atoms with Crippen molar-refractivity contribution in [2.45, 2.75) is 5.60 Å². The van der Waals surface area contributed by atoms with Gasteiger partial charge in [0.05, 0.1) is 26.0 Å². The van der Waals surface area contributed by atoms with E-state index in [0.29, 0.717) is 16.1 Å². The Bertz CT molecular complexity index is 634. The number of aliphatic hydroxyl groups is 1. The second-order valence-electron chi connectivity index (χ2n) is 4.62. The maximum Gasteiger partial charge on any atom is 0.350 e. The van der Waals surface area contributed by atoms with Crippen LogP contribution in [0.1, 0.15) is 15.2 Å². The molecule has 104 valence electrons. The van der Waals surface area contributed by atoms with Gasteiger partial charge in [0.1, 0.15) is 10.5 Å². The maximum absolute atomic E-state index is 11.9. The highest BCUT2D eigenvalue weighted by atomic mass is 32.1. The average Bonchev–Trinajstić information content (AvgIpc) is 2.90. The van der Waals surface area contributed by atoms with Crippen molar-refractivity contribution in [2.24, 2.45) is 0 Å². The summed E-state index contributed by atoms with van der Waals surface area (Å²) in [6, 6.07) is 9.46. The predicted octanol–water partition coefficient (Wildman–Crippen LogP) is 1.81. The van der Waals surface area contributed by atoms with Crippen molar-refractivity contribution in [1.29, 1.82) is 0 Å². The molecule has 6 heteroatoms. The van der Waals surface area contributed by atoms with Crippen LogP contribution in [0.2, 0.25) is 0 Å². The van der Waals surface area contributed by atoms with E-state index < -0.39 is 11.6 Å². The minimum Gasteiger partial charge on any atom is -0.465 e. The van der Waals surface area contributed by atoms with E-state index in [1.807, 2.05) is 30.3 Å². The third kappa shape index (κ3) is 2.02. The first kappa shape index (κ1) is 13.2. The van der Waals surface area contributed by atoms with Crippen molar-refractivity contribution in [3.63, 3.8) is 0 Å². The van der Waals surface area contributed by atoms with Crippen molar-refractivity contribution in [3.05, 3.63) is 40.8 Å². The maximum atomic E-state index is 11.9. The van der Waals surface area contributed by atoms with Crippen molar-refractivity contribution in [2.75, 3.05) is 20.3 Å². The number of ether oxygens (including phenoxy) is 2. The summed E-state index contributed by atoms with van der Waals surface area (Å²) in [7, 11) is 1.31. The molecule has 20 heavy (non-hydrogen) atoms. The van der Waals surface area contributed by atoms with Crippen LogP contribution in [0.25, 0.3) is 11.3 Å². The second kappa shape index (κ2) is 4.97. The molecule has 1 N–H and O–H groups in total. The molecule has 0 atom stereocenters. The number of esters is 1. The molecule has 0 radical (unpaired) electrons. The van der Waals surface area contributed by atoms with Crippen LogP contribution in [-0.2, 0) is 15.1 Å². The highest BCUT2D eigenvalue weighted by molar-refractivity contribution is 7.08. The highest BCUT2D eigenvalue weighted by Crippen LogP contribution is 2.40. The number of hydrogen-bond acceptors (Lipinski definition) is 6. The molecule has 0 bridgehead atoms. The van der Waals surface area contributed by atoms with Crippen molar-refractivity contribution >= 4 is 17.5 Å². The van der Waals surface area contributed by atoms with Crippen molar-refractivity contribution in [3.8, 4) is 11.3 Å². The summed E-state index contributed by atoms with van der Waals surface area (Å²) in [5, 5.41) is 10.6. The van der Waals surface area contributed by atoms with Gasteiger partial charge in [-0.3, -0.25) is 0 Å². The Morgan fingerprint density at radius 1 is 1.40 bits per heavy atom. The van der Waals surface area contributed by atoms with Gasteiger partial charge >= 0.3 is 5.97 Å². The molecule has 1 aliphatic heterocycles. The summed E-state index contributed by atoms with van der Waals surface area (Å²) in [6.45, 7) is 0.324. The van der Waals surface area contributed by atoms with E-state index >= 15 is 0 Å². The Balaban J connectivity index is 2.16. The molecular formula is C14H13NO4S. The van der Waals surface area contributed by atoms with Crippen LogP contribution in [0.3, 0.4) is 0 Å². The van der Waals surface area contributed by atoms with E-state index in [9.17, 15) is 9.90 Å². The number of carbonyl (C=O) groups excluding carboxylic acids is 1. The molecule has 0 saturated carbocycles. The summed E-state index contributed by atoms with van der Waals surface area (Å²) >= 11 is 1.04. The zero-order valence-corrected chi connectivity index (χ0v) is 11.6. The Labute approximate surface area is 119 Å². The summed E-state index contributed by atoms with van der Waals surface area (Å²) in [4.78, 5) is 12.2. The van der Waals surface area contributed by atoms with E-state index in [1.165, 1.54) is 7.11 Å². The van der Waals surface area contributed by atoms with Gasteiger partial charge in [-0.25, -0.2) is 4.79 Å². The van der Waals surface area contributed by atoms with Gasteiger partial charge in [0.15, 0.2) is 0 Å². The summed E-state index contributed by atoms with van der Waals surface area (Å²) in [6.07, 6.45) is 0. The first-order valence-corrected chi connectivity index (χ1v) is 6.87. The van der Waals surface area contributed by atoms with Crippen LogP contribution in [0, 0.1) is 0 Å². The molecule has 1 aromatic carbocycles. The van der Waals surface area contributed by atoms with Crippen LogP contribution < -0.4 is 0 Å². The van der Waals surface area contributed by atoms with Gasteiger partial charge in [-0.05, 0) is 11.5 Å². The Morgan fingerprint density at radius 3 is 2.65 bits per heavy atom. The second-order valence-corrected chi connectivity index (χ2v) is 5.39. The zero-order chi connectivity index (χ0) is 14.2. The number of methoxy groups -OCH3 is 1. The normalized spacial score (nSPS) is 16.5. The van der Waals surface area contributed by atoms with Crippen LogP contribution in [0.4, 0.5) is 0 Å². The molecular weight excluding hydrogens is 278 g/mol. The fraction of sp³-hybridized carbons (Fsp3) is 0.286. The first-order valence-electron chi connectivity index (χ1n) is 6.10. The lowest BCUT2D eigenvalue weighted by atomic mass is 9.88. The molecule has 0 spiro atoms. The SMILES string of the molecule is COC(=O)c1snc(-c2ccccc2)c1C1(O)COC1. The summed E-state index contributed by atoms with van der Waals surface area (Å²) in [5.74, 6) is -0.486. The molecule has 2 heterocycles. The zero-order valence-electron chi connectivity index (χ0n) is 10.8. The monoisotopic (exact) mass is 291 g/mol. The van der Waals surface area contributed by atoms with Gasteiger partial charge in [0, 0.05) is 11.1 Å². The Morgan fingerprint density at radius 2 is 2.10 bits per heavy atom. The lowest BCUT2D eigenvalue weighted by Crippen LogP contribution is -2.47. The van der Waals surface area contributed by atoms with E-state index in [2.05, 4.69) is 4.37 Å². The number of hydrogen-bond donors (Lipinski definition) is 1. The van der Waals surface area contributed by atoms with Gasteiger partial charge in [0.25, 0.3) is 0 Å². The molecule has 3 rings (SSSR count). The molecule has 2 aromatic rings. The number of carbonyl (C=O) groups is 1. The number of aromatic nitrogens is 1. The highest BCUT2D eigenvalue weighted by Gasteiger charge is 2.44. The van der Waals surface area contributed by atoms with Gasteiger partial charge in [-0.1, -0.05) is 30.3 Å². The van der Waals surface area contributed by atoms with Crippen LogP contribution in [0.5, 0.6) is 0 Å². The first-order chi connectivity index (χ1) is 9.65. The lowest BCUT2D eigenvalue weighted by molar-refractivity contribution is -0.184. The van der Waals surface area contributed by atoms with Gasteiger partial charge < -0.3 is 14.6 Å². The molecule has 5 nitrogen and oxygen atoms in total. The smallest absolute Gasteiger partial charge is 0.350 e. The fourth-order valence-corrected chi connectivity index (χ4v) is 3.10. The Hall–Kier alpha value is -1.76. The summed E-state index contributed by atoms with van der Waals surface area (Å²) < 4.78 is 14.2. The van der Waals surface area contributed by atoms with E-state index in [1.54, 1.807) is 0 Å². The van der Waals surface area contributed by atoms with Crippen LogP contribution in [-0.4, -0.2) is 35.8 Å². The number of rotatable bonds is 3. The molecule has 0 amide bonds. The van der Waals surface area contributed by atoms with Crippen LogP contribution >= 0.6 is 11.5 Å². The minimum atomic E-state index is -1.16. The Kier molecular flexibility index (Phi) is 3.29. The standard InChI is InChI=1S/C14H13NO4S/c1-18-13(16)12-10(14(17)7-19-8-14)11(15-20-12)9-5-3-2-4-6-9/h2-6,17H,7-8H2,1H3. The third-order valence-electron chi connectivity index (χ3n) is 3.26. The molecule has 1 aliphatic rings. The molecule has 0 unspecified atom stereocenters. The molecule has 1 aromatic heterocycles. The third-order valence-corrected chi connectivity index (χ3v) is 4.08. The fourth-order valence-electron chi connectivity index (χ4n) is 2.19. The number of nitrogens with zero attached hydrogens (tertiary/aromatic N) is 1. The van der Waals surface area contributed by atoms with Crippen molar-refractivity contribution < 1.29 is 19.4 Å². The predicted molar refractivity (Wildman–Crippen MR) is 73.6 cm³/mol. The lowest BCUT2D eigenvalue weighted by Gasteiger charge is -2.36.